The molecule has 0 unspecified atom stereocenters. The number of thioether (sulfide) groups is 2. The normalized spacial score (nSPS) is 15.8. The third-order valence-corrected chi connectivity index (χ3v) is 6.46. The maximum atomic E-state index is 11.7. The van der Waals surface area contributed by atoms with Crippen LogP contribution >= 0.6 is 23.5 Å². The van der Waals surface area contributed by atoms with Crippen LogP contribution in [-0.2, 0) is 14.3 Å². The molecule has 0 radical (unpaired) electrons. The van der Waals surface area contributed by atoms with Crippen molar-refractivity contribution in [2.24, 2.45) is 0 Å². The monoisotopic (exact) mass is 369 g/mol. The number of hydrogen-bond donors (Lipinski definition) is 1. The Morgan fingerprint density at radius 2 is 1.92 bits per heavy atom. The van der Waals surface area contributed by atoms with E-state index in [0.717, 1.165) is 6.42 Å². The Labute approximate surface area is 151 Å². The lowest BCUT2D eigenvalue weighted by Gasteiger charge is -2.14. The lowest BCUT2D eigenvalue weighted by molar-refractivity contribution is -0.156. The summed E-state index contributed by atoms with van der Waals surface area (Å²) in [6.07, 6.45) is 0.0232. The van der Waals surface area contributed by atoms with Gasteiger partial charge < -0.3 is 14.8 Å². The number of carbonyl (C=O) groups excluding carboxylic acids is 2. The van der Waals surface area contributed by atoms with Crippen LogP contribution in [0.25, 0.3) is 0 Å². The molecule has 1 aliphatic rings. The van der Waals surface area contributed by atoms with Gasteiger partial charge in [0.05, 0.1) is 4.58 Å². The highest BCUT2D eigenvalue weighted by atomic mass is 32.2. The summed E-state index contributed by atoms with van der Waals surface area (Å²) < 4.78 is 11.0. The lowest BCUT2D eigenvalue weighted by Crippen LogP contribution is -2.37. The molecule has 1 aromatic rings. The predicted molar refractivity (Wildman–Crippen MR) is 98.4 cm³/mol. The Morgan fingerprint density at radius 3 is 2.54 bits per heavy atom. The number of benzene rings is 1. The van der Waals surface area contributed by atoms with Crippen molar-refractivity contribution in [3.63, 3.8) is 0 Å². The van der Waals surface area contributed by atoms with Crippen molar-refractivity contribution in [2.45, 2.75) is 31.0 Å². The van der Waals surface area contributed by atoms with Crippen LogP contribution in [0.2, 0.25) is 0 Å². The van der Waals surface area contributed by atoms with Crippen molar-refractivity contribution in [2.75, 3.05) is 24.7 Å². The van der Waals surface area contributed by atoms with Gasteiger partial charge >= 0.3 is 5.97 Å². The van der Waals surface area contributed by atoms with Crippen LogP contribution in [0.15, 0.2) is 24.3 Å². The van der Waals surface area contributed by atoms with Crippen LogP contribution in [0.1, 0.15) is 30.4 Å². The van der Waals surface area contributed by atoms with E-state index < -0.39 is 12.1 Å². The largest absolute Gasteiger partial charge is 0.482 e. The van der Waals surface area contributed by atoms with Crippen molar-refractivity contribution in [1.82, 2.24) is 5.32 Å². The minimum atomic E-state index is -0.813. The topological polar surface area (TPSA) is 64.6 Å². The average Bonchev–Trinajstić information content (AvgIpc) is 3.12. The van der Waals surface area contributed by atoms with Crippen LogP contribution in [0.5, 0.6) is 5.75 Å². The summed E-state index contributed by atoms with van der Waals surface area (Å²) >= 11 is 3.89. The molecule has 1 aromatic carbocycles. The number of esters is 1. The van der Waals surface area contributed by atoms with Crippen molar-refractivity contribution >= 4 is 35.4 Å². The molecular weight excluding hydrogens is 346 g/mol. The number of ether oxygens (including phenoxy) is 2. The quantitative estimate of drug-likeness (QED) is 0.711. The second-order valence-electron chi connectivity index (χ2n) is 5.35. The van der Waals surface area contributed by atoms with E-state index in [9.17, 15) is 9.59 Å². The van der Waals surface area contributed by atoms with E-state index in [2.05, 4.69) is 5.32 Å². The number of rotatable bonds is 8. The highest BCUT2D eigenvalue weighted by Gasteiger charge is 2.19. The Balaban J connectivity index is 1.74. The zero-order chi connectivity index (χ0) is 17.4. The van der Waals surface area contributed by atoms with E-state index in [0.29, 0.717) is 16.9 Å². The molecule has 1 N–H and O–H groups in total. The molecule has 132 valence electrons. The fourth-order valence-electron chi connectivity index (χ4n) is 2.09. The molecule has 1 atom stereocenters. The molecule has 0 aromatic heterocycles. The molecule has 2 rings (SSSR count). The molecule has 0 saturated carbocycles. The van der Waals surface area contributed by atoms with E-state index in [1.807, 2.05) is 54.7 Å². The van der Waals surface area contributed by atoms with Crippen molar-refractivity contribution in [1.29, 1.82) is 0 Å². The van der Waals surface area contributed by atoms with Gasteiger partial charge in [0.2, 0.25) is 0 Å². The van der Waals surface area contributed by atoms with Crippen molar-refractivity contribution in [3.05, 3.63) is 29.8 Å². The lowest BCUT2D eigenvalue weighted by atomic mass is 10.2. The second kappa shape index (κ2) is 9.84. The molecular formula is C17H23NO4S2. The molecule has 0 spiro atoms. The maximum absolute atomic E-state index is 11.7. The molecule has 1 aliphatic heterocycles. The van der Waals surface area contributed by atoms with E-state index in [-0.39, 0.29) is 12.5 Å². The van der Waals surface area contributed by atoms with Gasteiger partial charge in [-0.05, 0) is 31.0 Å². The van der Waals surface area contributed by atoms with Gasteiger partial charge in [-0.25, -0.2) is 4.79 Å². The number of hydrogen-bond acceptors (Lipinski definition) is 6. The first-order valence-electron chi connectivity index (χ1n) is 8.03. The molecule has 7 heteroatoms. The van der Waals surface area contributed by atoms with Gasteiger partial charge in [0, 0.05) is 18.1 Å². The molecule has 24 heavy (non-hydrogen) atoms. The third kappa shape index (κ3) is 5.94. The molecule has 1 saturated heterocycles. The van der Waals surface area contributed by atoms with E-state index in [1.54, 1.807) is 6.92 Å². The third-order valence-electron chi connectivity index (χ3n) is 3.36. The first-order valence-corrected chi connectivity index (χ1v) is 10.1. The predicted octanol–water partition coefficient (Wildman–Crippen LogP) is 3.00. The van der Waals surface area contributed by atoms with E-state index in [1.165, 1.54) is 17.1 Å². The smallest absolute Gasteiger partial charge is 0.344 e. The Hall–Kier alpha value is -1.34. The molecule has 1 fully saturated rings. The summed E-state index contributed by atoms with van der Waals surface area (Å²) in [5.74, 6) is 2.14. The number of carbonyl (C=O) groups is 2. The minimum absolute atomic E-state index is 0.211. The zero-order valence-corrected chi connectivity index (χ0v) is 15.6. The SMILES string of the molecule is CCCNC(=O)[C@H](C)OC(=O)COc1ccc(C2SCCS2)cc1. The Bertz CT molecular complexity index is 544. The number of nitrogens with one attached hydrogen (secondary N) is 1. The fourth-order valence-corrected chi connectivity index (χ4v) is 4.95. The van der Waals surface area contributed by atoms with Crippen molar-refractivity contribution < 1.29 is 19.1 Å². The molecule has 0 aliphatic carbocycles. The van der Waals surface area contributed by atoms with E-state index in [4.69, 9.17) is 9.47 Å². The second-order valence-corrected chi connectivity index (χ2v) is 8.08. The average molecular weight is 370 g/mol. The summed E-state index contributed by atoms with van der Waals surface area (Å²) in [7, 11) is 0. The van der Waals surface area contributed by atoms with E-state index >= 15 is 0 Å². The summed E-state index contributed by atoms with van der Waals surface area (Å²) in [5, 5.41) is 2.68. The highest BCUT2D eigenvalue weighted by Crippen LogP contribution is 2.45. The zero-order valence-electron chi connectivity index (χ0n) is 13.9. The molecule has 1 heterocycles. The van der Waals surface area contributed by atoms with Crippen LogP contribution in [0.4, 0.5) is 0 Å². The van der Waals surface area contributed by atoms with Gasteiger partial charge in [-0.3, -0.25) is 4.79 Å². The summed E-state index contributed by atoms with van der Waals surface area (Å²) in [6, 6.07) is 7.77. The fraction of sp³-hybridized carbons (Fsp3) is 0.529. The Morgan fingerprint density at radius 1 is 1.25 bits per heavy atom. The van der Waals surface area contributed by atoms with Crippen molar-refractivity contribution in [3.8, 4) is 5.75 Å². The molecule has 5 nitrogen and oxygen atoms in total. The summed E-state index contributed by atoms with van der Waals surface area (Å²) in [4.78, 5) is 23.4. The molecule has 1 amide bonds. The van der Waals surface area contributed by atoms with Gasteiger partial charge in [0.15, 0.2) is 12.7 Å². The highest BCUT2D eigenvalue weighted by molar-refractivity contribution is 8.19. The molecule has 0 bridgehead atoms. The first-order chi connectivity index (χ1) is 11.6. The Kier molecular flexibility index (Phi) is 7.78. The van der Waals surface area contributed by atoms with Gasteiger partial charge in [0.1, 0.15) is 5.75 Å². The van der Waals surface area contributed by atoms with Gasteiger partial charge in [0.25, 0.3) is 5.91 Å². The summed E-state index contributed by atoms with van der Waals surface area (Å²) in [5.41, 5.74) is 1.26. The maximum Gasteiger partial charge on any atom is 0.344 e. The number of amides is 1. The van der Waals surface area contributed by atoms with Crippen LogP contribution in [0, 0.1) is 0 Å². The summed E-state index contributed by atoms with van der Waals surface area (Å²) in [6.45, 7) is 3.87. The van der Waals surface area contributed by atoms with Crippen LogP contribution < -0.4 is 10.1 Å². The van der Waals surface area contributed by atoms with Gasteiger partial charge in [-0.1, -0.05) is 19.1 Å². The van der Waals surface area contributed by atoms with Crippen LogP contribution in [-0.4, -0.2) is 42.6 Å². The van der Waals surface area contributed by atoms with Gasteiger partial charge in [-0.2, -0.15) is 0 Å². The minimum Gasteiger partial charge on any atom is -0.482 e. The van der Waals surface area contributed by atoms with Gasteiger partial charge in [-0.15, -0.1) is 23.5 Å². The standard InChI is InChI=1S/C17H23NO4S2/c1-3-8-18-16(20)12(2)22-15(19)11-21-14-6-4-13(5-7-14)17-23-9-10-24-17/h4-7,12,17H,3,8-11H2,1-2H3,(H,18,20)/t12-/m0/s1. The van der Waals surface area contributed by atoms with Crippen LogP contribution in [0.3, 0.4) is 0 Å². The first kappa shape index (κ1) is 19.0.